The smallest absolute Gasteiger partial charge is 0.127 e. The predicted molar refractivity (Wildman–Crippen MR) is 108 cm³/mol. The van der Waals surface area contributed by atoms with E-state index in [1.807, 2.05) is 24.3 Å². The van der Waals surface area contributed by atoms with Crippen molar-refractivity contribution in [2.24, 2.45) is 0 Å². The predicted octanol–water partition coefficient (Wildman–Crippen LogP) is 5.33. The largest absolute Gasteiger partial charge is 0.489 e. The molecule has 0 radical (unpaired) electrons. The molecule has 0 saturated heterocycles. The number of aliphatic hydroxyl groups is 1. The van der Waals surface area contributed by atoms with E-state index in [1.54, 1.807) is 7.11 Å². The molecule has 3 aromatic rings. The molecule has 28 heavy (non-hydrogen) atoms. The van der Waals surface area contributed by atoms with Gasteiger partial charge in [-0.3, -0.25) is 0 Å². The molecule has 1 N–H and O–H groups in total. The molecule has 4 heteroatoms. The first-order valence-corrected chi connectivity index (χ1v) is 9.73. The minimum Gasteiger partial charge on any atom is -0.489 e. The summed E-state index contributed by atoms with van der Waals surface area (Å²) in [6.07, 6.45) is 2.33. The summed E-state index contributed by atoms with van der Waals surface area (Å²) >= 11 is 0. The van der Waals surface area contributed by atoms with Crippen LogP contribution in [0.3, 0.4) is 0 Å². The van der Waals surface area contributed by atoms with E-state index < -0.39 is 5.60 Å². The third-order valence-corrected chi connectivity index (χ3v) is 5.77. The van der Waals surface area contributed by atoms with E-state index in [2.05, 4.69) is 24.3 Å². The number of rotatable bonds is 5. The van der Waals surface area contributed by atoms with Crippen LogP contribution in [-0.2, 0) is 16.9 Å². The third-order valence-electron chi connectivity index (χ3n) is 5.77. The number of hydrogen-bond acceptors (Lipinski definition) is 3. The van der Waals surface area contributed by atoms with Crippen LogP contribution in [-0.4, -0.2) is 18.3 Å². The lowest BCUT2D eigenvalue weighted by atomic mass is 9.78. The van der Waals surface area contributed by atoms with Crippen molar-refractivity contribution in [1.29, 1.82) is 0 Å². The van der Waals surface area contributed by atoms with Crippen molar-refractivity contribution in [3.05, 3.63) is 77.6 Å². The Morgan fingerprint density at radius 1 is 1.00 bits per heavy atom. The molecule has 1 saturated carbocycles. The molecule has 146 valence electrons. The standard InChI is InChI=1S/C24H25FO3/c1-27-24(10-8-22(26)9-11-24)20-13-21(25)15-23(14-20)28-16-17-6-7-18-4-2-3-5-19(18)12-17/h2-7,12-15,22,26H,8-11,16H2,1H3/t22-,24+. The lowest BCUT2D eigenvalue weighted by Crippen LogP contribution is -2.35. The van der Waals surface area contributed by atoms with Gasteiger partial charge in [0.05, 0.1) is 11.7 Å². The number of ether oxygens (including phenoxy) is 2. The molecular weight excluding hydrogens is 355 g/mol. The number of methoxy groups -OCH3 is 1. The summed E-state index contributed by atoms with van der Waals surface area (Å²) in [6.45, 7) is 0.367. The van der Waals surface area contributed by atoms with E-state index in [1.165, 1.54) is 17.5 Å². The first-order chi connectivity index (χ1) is 13.6. The van der Waals surface area contributed by atoms with Gasteiger partial charge in [-0.2, -0.15) is 0 Å². The van der Waals surface area contributed by atoms with Crippen molar-refractivity contribution in [3.8, 4) is 5.75 Å². The Hall–Kier alpha value is -2.43. The van der Waals surface area contributed by atoms with Crippen LogP contribution in [0.2, 0.25) is 0 Å². The molecule has 0 amide bonds. The fraction of sp³-hybridized carbons (Fsp3) is 0.333. The Balaban J connectivity index is 1.54. The zero-order valence-corrected chi connectivity index (χ0v) is 16.0. The highest BCUT2D eigenvalue weighted by molar-refractivity contribution is 5.82. The average molecular weight is 380 g/mol. The maximum absolute atomic E-state index is 14.3. The van der Waals surface area contributed by atoms with Gasteiger partial charge in [0.1, 0.15) is 18.2 Å². The maximum atomic E-state index is 14.3. The van der Waals surface area contributed by atoms with E-state index in [0.717, 1.165) is 16.5 Å². The van der Waals surface area contributed by atoms with Gasteiger partial charge in [0.2, 0.25) is 0 Å². The summed E-state index contributed by atoms with van der Waals surface area (Å²) in [5, 5.41) is 12.2. The molecule has 1 fully saturated rings. The zero-order valence-electron chi connectivity index (χ0n) is 16.0. The highest BCUT2D eigenvalue weighted by atomic mass is 19.1. The lowest BCUT2D eigenvalue weighted by molar-refractivity contribution is -0.0692. The molecule has 1 aliphatic carbocycles. The summed E-state index contributed by atoms with van der Waals surface area (Å²) in [4.78, 5) is 0. The third kappa shape index (κ3) is 3.89. The monoisotopic (exact) mass is 380 g/mol. The van der Waals surface area contributed by atoms with E-state index in [0.29, 0.717) is 38.0 Å². The molecular formula is C24H25FO3. The van der Waals surface area contributed by atoms with Crippen LogP contribution in [0, 0.1) is 5.82 Å². The van der Waals surface area contributed by atoms with Crippen molar-refractivity contribution < 1.29 is 19.0 Å². The SMILES string of the molecule is CO[C@]1(c2cc(F)cc(OCc3ccc4ccccc4c3)c2)CC[C@H](O)CC1. The van der Waals surface area contributed by atoms with Gasteiger partial charge in [-0.05, 0) is 65.8 Å². The molecule has 0 heterocycles. The fourth-order valence-electron chi connectivity index (χ4n) is 4.08. The topological polar surface area (TPSA) is 38.7 Å². The average Bonchev–Trinajstić information content (AvgIpc) is 2.72. The van der Waals surface area contributed by atoms with Gasteiger partial charge in [-0.1, -0.05) is 36.4 Å². The van der Waals surface area contributed by atoms with Crippen LogP contribution >= 0.6 is 0 Å². The molecule has 0 bridgehead atoms. The van der Waals surface area contributed by atoms with Gasteiger partial charge in [-0.15, -0.1) is 0 Å². The minimum atomic E-state index is -0.567. The van der Waals surface area contributed by atoms with Crippen LogP contribution in [0.15, 0.2) is 60.7 Å². The van der Waals surface area contributed by atoms with Crippen LogP contribution in [0.25, 0.3) is 10.8 Å². The van der Waals surface area contributed by atoms with Gasteiger partial charge < -0.3 is 14.6 Å². The van der Waals surface area contributed by atoms with Gasteiger partial charge in [0.25, 0.3) is 0 Å². The van der Waals surface area contributed by atoms with Crippen molar-refractivity contribution in [1.82, 2.24) is 0 Å². The molecule has 4 rings (SSSR count). The second kappa shape index (κ2) is 7.90. The van der Waals surface area contributed by atoms with E-state index in [-0.39, 0.29) is 11.9 Å². The van der Waals surface area contributed by atoms with Gasteiger partial charge in [0, 0.05) is 13.2 Å². The molecule has 0 spiro atoms. The van der Waals surface area contributed by atoms with Crippen molar-refractivity contribution in [2.45, 2.75) is 44.0 Å². The summed E-state index contributed by atoms with van der Waals surface area (Å²) in [5.41, 5.74) is 1.24. The zero-order chi connectivity index (χ0) is 19.6. The summed E-state index contributed by atoms with van der Waals surface area (Å²) < 4.78 is 26.0. The fourth-order valence-corrected chi connectivity index (χ4v) is 4.08. The summed E-state index contributed by atoms with van der Waals surface area (Å²) in [6, 6.07) is 19.2. The van der Waals surface area contributed by atoms with Gasteiger partial charge >= 0.3 is 0 Å². The van der Waals surface area contributed by atoms with Crippen LogP contribution in [0.5, 0.6) is 5.75 Å². The van der Waals surface area contributed by atoms with Crippen LogP contribution in [0.4, 0.5) is 4.39 Å². The van der Waals surface area contributed by atoms with Crippen molar-refractivity contribution in [2.75, 3.05) is 7.11 Å². The van der Waals surface area contributed by atoms with Crippen molar-refractivity contribution in [3.63, 3.8) is 0 Å². The Labute approximate surface area is 164 Å². The molecule has 0 aliphatic heterocycles. The first-order valence-electron chi connectivity index (χ1n) is 9.73. The van der Waals surface area contributed by atoms with Crippen LogP contribution in [0.1, 0.15) is 36.8 Å². The summed E-state index contributed by atoms with van der Waals surface area (Å²) in [7, 11) is 1.65. The van der Waals surface area contributed by atoms with E-state index >= 15 is 0 Å². The lowest BCUT2D eigenvalue weighted by Gasteiger charge is -2.38. The summed E-state index contributed by atoms with van der Waals surface area (Å²) in [5.74, 6) is 0.152. The van der Waals surface area contributed by atoms with Crippen molar-refractivity contribution >= 4 is 10.8 Å². The van der Waals surface area contributed by atoms with E-state index in [9.17, 15) is 9.50 Å². The number of aliphatic hydroxyl groups excluding tert-OH is 1. The van der Waals surface area contributed by atoms with Crippen LogP contribution < -0.4 is 4.74 Å². The highest BCUT2D eigenvalue weighted by Gasteiger charge is 2.37. The Bertz CT molecular complexity index is 961. The molecule has 3 aromatic carbocycles. The second-order valence-corrected chi connectivity index (χ2v) is 7.58. The number of benzene rings is 3. The normalized spacial score (nSPS) is 22.3. The molecule has 0 aromatic heterocycles. The van der Waals surface area contributed by atoms with Gasteiger partial charge in [-0.25, -0.2) is 4.39 Å². The Morgan fingerprint density at radius 2 is 1.75 bits per heavy atom. The molecule has 0 unspecified atom stereocenters. The van der Waals surface area contributed by atoms with Gasteiger partial charge in [0.15, 0.2) is 0 Å². The highest BCUT2D eigenvalue weighted by Crippen LogP contribution is 2.41. The minimum absolute atomic E-state index is 0.305. The second-order valence-electron chi connectivity index (χ2n) is 7.58. The Morgan fingerprint density at radius 3 is 2.50 bits per heavy atom. The molecule has 3 nitrogen and oxygen atoms in total. The van der Waals surface area contributed by atoms with E-state index in [4.69, 9.17) is 9.47 Å². The quantitative estimate of drug-likeness (QED) is 0.650. The Kier molecular flexibility index (Phi) is 5.33. The maximum Gasteiger partial charge on any atom is 0.127 e. The number of halogens is 1. The first kappa shape index (κ1) is 18.9. The molecule has 1 aliphatic rings. The number of hydrogen-bond donors (Lipinski definition) is 1. The number of fused-ring (bicyclic) bond motifs is 1. The molecule has 0 atom stereocenters.